The normalized spacial score (nSPS) is 16.8. The third-order valence-corrected chi connectivity index (χ3v) is 6.62. The standard InChI is InChI=1S/C29H25ClO7/c30-24-8-4-7-23-25(31)28(36-17-18-5-2-1-3-6-18)26(37-27(23)24)19-9-11-21(12-10-19)34-13-14-35-22-15-20(16-22)29(32)33/h1-12,20,22H,13-17H2,(H,32,33). The van der Waals surface area contributed by atoms with Crippen molar-refractivity contribution in [1.29, 1.82) is 0 Å². The van der Waals surface area contributed by atoms with E-state index in [4.69, 9.17) is 35.3 Å². The number of aliphatic carboxylic acids is 1. The van der Waals surface area contributed by atoms with Crippen LogP contribution in [-0.2, 0) is 16.1 Å². The van der Waals surface area contributed by atoms with Crippen LogP contribution in [0, 0.1) is 5.92 Å². The molecule has 1 heterocycles. The number of para-hydroxylation sites is 1. The molecule has 0 saturated heterocycles. The second-order valence-corrected chi connectivity index (χ2v) is 9.26. The molecule has 8 heteroatoms. The molecule has 5 rings (SSSR count). The van der Waals surface area contributed by atoms with Gasteiger partial charge < -0.3 is 23.7 Å². The number of hydrogen-bond acceptors (Lipinski definition) is 6. The molecule has 0 radical (unpaired) electrons. The Hall–Kier alpha value is -3.81. The van der Waals surface area contributed by atoms with Crippen LogP contribution in [0.25, 0.3) is 22.3 Å². The smallest absolute Gasteiger partial charge is 0.306 e. The zero-order chi connectivity index (χ0) is 25.8. The van der Waals surface area contributed by atoms with Gasteiger partial charge in [0.15, 0.2) is 11.3 Å². The monoisotopic (exact) mass is 520 g/mol. The molecule has 7 nitrogen and oxygen atoms in total. The van der Waals surface area contributed by atoms with Crippen molar-refractivity contribution in [2.24, 2.45) is 5.92 Å². The molecule has 1 N–H and O–H groups in total. The number of hydrogen-bond donors (Lipinski definition) is 1. The van der Waals surface area contributed by atoms with Crippen molar-refractivity contribution in [3.63, 3.8) is 0 Å². The lowest BCUT2D eigenvalue weighted by molar-refractivity contribution is -0.151. The number of rotatable bonds is 10. The predicted octanol–water partition coefficient (Wildman–Crippen LogP) is 5.95. The summed E-state index contributed by atoms with van der Waals surface area (Å²) < 4.78 is 23.5. The molecule has 0 aliphatic heterocycles. The van der Waals surface area contributed by atoms with Crippen molar-refractivity contribution in [2.75, 3.05) is 13.2 Å². The van der Waals surface area contributed by atoms with E-state index >= 15 is 0 Å². The highest BCUT2D eigenvalue weighted by Crippen LogP contribution is 2.35. The second kappa shape index (κ2) is 11.1. The summed E-state index contributed by atoms with van der Waals surface area (Å²) in [7, 11) is 0. The summed E-state index contributed by atoms with van der Waals surface area (Å²) in [5.41, 5.74) is 1.56. The maximum atomic E-state index is 13.4. The van der Waals surface area contributed by atoms with Gasteiger partial charge in [0.1, 0.15) is 19.0 Å². The number of carboxylic acid groups (broad SMARTS) is 1. The Morgan fingerprint density at radius 1 is 0.946 bits per heavy atom. The van der Waals surface area contributed by atoms with Crippen molar-refractivity contribution in [3.8, 4) is 22.8 Å². The minimum atomic E-state index is -0.769. The highest BCUT2D eigenvalue weighted by molar-refractivity contribution is 6.34. The summed E-state index contributed by atoms with van der Waals surface area (Å²) in [6.45, 7) is 0.911. The fourth-order valence-corrected chi connectivity index (χ4v) is 4.41. The first-order valence-corrected chi connectivity index (χ1v) is 12.4. The number of halogens is 1. The SMILES string of the molecule is O=C(O)C1CC(OCCOc2ccc(-c3oc4c(Cl)cccc4c(=O)c3OCc3ccccc3)cc2)C1. The van der Waals surface area contributed by atoms with Gasteiger partial charge in [-0.05, 0) is 54.8 Å². The van der Waals surface area contributed by atoms with Crippen LogP contribution < -0.4 is 14.9 Å². The van der Waals surface area contributed by atoms with Gasteiger partial charge in [-0.3, -0.25) is 9.59 Å². The molecule has 0 spiro atoms. The molecule has 37 heavy (non-hydrogen) atoms. The van der Waals surface area contributed by atoms with Gasteiger partial charge >= 0.3 is 5.97 Å². The van der Waals surface area contributed by atoms with E-state index in [1.165, 1.54) is 0 Å². The predicted molar refractivity (Wildman–Crippen MR) is 139 cm³/mol. The van der Waals surface area contributed by atoms with E-state index in [1.54, 1.807) is 42.5 Å². The van der Waals surface area contributed by atoms with Crippen LogP contribution in [0.3, 0.4) is 0 Å². The van der Waals surface area contributed by atoms with Crippen LogP contribution in [0.5, 0.6) is 11.5 Å². The maximum Gasteiger partial charge on any atom is 0.306 e. The fraction of sp³-hybridized carbons (Fsp3) is 0.241. The third-order valence-electron chi connectivity index (χ3n) is 6.32. The van der Waals surface area contributed by atoms with Crippen LogP contribution in [0.2, 0.25) is 5.02 Å². The van der Waals surface area contributed by atoms with Crippen LogP contribution >= 0.6 is 11.6 Å². The van der Waals surface area contributed by atoms with Crippen LogP contribution in [0.15, 0.2) is 82.0 Å². The molecular weight excluding hydrogens is 496 g/mol. The lowest BCUT2D eigenvalue weighted by Crippen LogP contribution is -2.36. The van der Waals surface area contributed by atoms with Gasteiger partial charge in [-0.15, -0.1) is 0 Å². The van der Waals surface area contributed by atoms with Crippen molar-refractivity contribution in [1.82, 2.24) is 0 Å². The number of benzene rings is 3. The average molecular weight is 521 g/mol. The molecule has 0 bridgehead atoms. The molecule has 1 aliphatic rings. The van der Waals surface area contributed by atoms with Gasteiger partial charge in [0.25, 0.3) is 0 Å². The van der Waals surface area contributed by atoms with Gasteiger partial charge in [0.05, 0.1) is 29.0 Å². The topological polar surface area (TPSA) is 95.2 Å². The number of carbonyl (C=O) groups is 1. The first kappa shape index (κ1) is 24.9. The van der Waals surface area contributed by atoms with Crippen molar-refractivity contribution in [2.45, 2.75) is 25.6 Å². The Morgan fingerprint density at radius 2 is 1.70 bits per heavy atom. The van der Waals surface area contributed by atoms with E-state index in [-0.39, 0.29) is 35.6 Å². The third kappa shape index (κ3) is 5.63. The van der Waals surface area contributed by atoms with Gasteiger partial charge in [-0.2, -0.15) is 0 Å². The molecule has 190 valence electrons. The number of carboxylic acids is 1. The molecular formula is C29H25ClO7. The largest absolute Gasteiger partial charge is 0.491 e. The molecule has 3 aromatic carbocycles. The molecule has 1 saturated carbocycles. The first-order valence-electron chi connectivity index (χ1n) is 12.0. The molecule has 1 aliphatic carbocycles. The molecule has 0 unspecified atom stereocenters. The van der Waals surface area contributed by atoms with Gasteiger partial charge in [0.2, 0.25) is 11.2 Å². The van der Waals surface area contributed by atoms with E-state index in [0.29, 0.717) is 53.4 Å². The lowest BCUT2D eigenvalue weighted by Gasteiger charge is -2.31. The minimum absolute atomic E-state index is 0.0241. The molecule has 0 amide bonds. The van der Waals surface area contributed by atoms with Gasteiger partial charge in [-0.25, -0.2) is 0 Å². The van der Waals surface area contributed by atoms with Gasteiger partial charge in [-0.1, -0.05) is 48.0 Å². The summed E-state index contributed by atoms with van der Waals surface area (Å²) >= 11 is 6.34. The summed E-state index contributed by atoms with van der Waals surface area (Å²) in [6, 6.07) is 21.7. The lowest BCUT2D eigenvalue weighted by atomic mass is 9.82. The second-order valence-electron chi connectivity index (χ2n) is 8.85. The Kier molecular flexibility index (Phi) is 7.44. The van der Waals surface area contributed by atoms with Crippen molar-refractivity contribution >= 4 is 28.5 Å². The maximum absolute atomic E-state index is 13.4. The summed E-state index contributed by atoms with van der Waals surface area (Å²) in [6.07, 6.45) is 1.06. The molecule has 0 atom stereocenters. The van der Waals surface area contributed by atoms with Crippen LogP contribution in [0.4, 0.5) is 0 Å². The highest BCUT2D eigenvalue weighted by atomic mass is 35.5. The Labute approximate surface area is 218 Å². The quantitative estimate of drug-likeness (QED) is 0.258. The number of fused-ring (bicyclic) bond motifs is 1. The highest BCUT2D eigenvalue weighted by Gasteiger charge is 2.34. The van der Waals surface area contributed by atoms with Crippen LogP contribution in [0.1, 0.15) is 18.4 Å². The Balaban J connectivity index is 1.31. The van der Waals surface area contributed by atoms with E-state index in [0.717, 1.165) is 5.56 Å². The fourth-order valence-electron chi connectivity index (χ4n) is 4.20. The number of ether oxygens (including phenoxy) is 3. The molecule has 1 fully saturated rings. The van der Waals surface area contributed by atoms with E-state index < -0.39 is 5.97 Å². The zero-order valence-electron chi connectivity index (χ0n) is 19.9. The zero-order valence-corrected chi connectivity index (χ0v) is 20.6. The summed E-state index contributed by atoms with van der Waals surface area (Å²) in [4.78, 5) is 24.2. The summed E-state index contributed by atoms with van der Waals surface area (Å²) in [5, 5.41) is 9.62. The Bertz CT molecular complexity index is 1440. The molecule has 1 aromatic heterocycles. The average Bonchev–Trinajstić information content (AvgIpc) is 2.88. The first-order chi connectivity index (χ1) is 18.0. The van der Waals surface area contributed by atoms with Crippen molar-refractivity contribution < 1.29 is 28.5 Å². The van der Waals surface area contributed by atoms with E-state index in [1.807, 2.05) is 30.3 Å². The van der Waals surface area contributed by atoms with Gasteiger partial charge in [0, 0.05) is 5.56 Å². The van der Waals surface area contributed by atoms with Crippen molar-refractivity contribution in [3.05, 3.63) is 93.6 Å². The van der Waals surface area contributed by atoms with Crippen LogP contribution in [-0.4, -0.2) is 30.4 Å². The summed E-state index contributed by atoms with van der Waals surface area (Å²) in [5.74, 6) is -0.0491. The molecule has 4 aromatic rings. The Morgan fingerprint density at radius 3 is 2.43 bits per heavy atom. The van der Waals surface area contributed by atoms with E-state index in [2.05, 4.69) is 0 Å². The minimum Gasteiger partial charge on any atom is -0.491 e. The van der Waals surface area contributed by atoms with E-state index in [9.17, 15) is 9.59 Å².